The molecule has 2 heterocycles. The van der Waals surface area contributed by atoms with Gasteiger partial charge in [-0.3, -0.25) is 0 Å². The smallest absolute Gasteiger partial charge is 0.432 e. The van der Waals surface area contributed by atoms with Crippen LogP contribution in [0.5, 0.6) is 0 Å². The molecular weight excluding hydrogens is 822 g/mol. The number of hydrogen-bond acceptors (Lipinski definition) is 10. The summed E-state index contributed by atoms with van der Waals surface area (Å²) in [5.74, 6) is -2.24. The summed E-state index contributed by atoms with van der Waals surface area (Å²) >= 11 is 1.33. The van der Waals surface area contributed by atoms with Gasteiger partial charge in [0.15, 0.2) is 11.9 Å². The number of allylic oxidation sites excluding steroid dienone is 2. The second-order valence-corrected chi connectivity index (χ2v) is 21.3. The molecule has 4 aromatic carbocycles. The van der Waals surface area contributed by atoms with E-state index in [1.165, 1.54) is 53.4 Å². The highest BCUT2D eigenvalue weighted by Gasteiger charge is 2.50. The third-order valence-corrected chi connectivity index (χ3v) is 16.8. The first-order valence-corrected chi connectivity index (χ1v) is 22.5. The van der Waals surface area contributed by atoms with E-state index in [0.717, 1.165) is 22.5 Å². The van der Waals surface area contributed by atoms with E-state index in [0.29, 0.717) is 5.56 Å². The third-order valence-electron chi connectivity index (χ3n) is 10.3. The summed E-state index contributed by atoms with van der Waals surface area (Å²) in [7, 11) is -2.95. The number of nitriles is 1. The van der Waals surface area contributed by atoms with Crippen molar-refractivity contribution in [3.63, 3.8) is 0 Å². The maximum Gasteiger partial charge on any atom is 0.509 e. The lowest BCUT2D eigenvalue weighted by atomic mass is 9.89. The number of carbonyl (C=O) groups excluding carboxylic acids is 1. The van der Waals surface area contributed by atoms with E-state index >= 15 is 4.39 Å². The Hall–Kier alpha value is -5.50. The number of hydrogen-bond donors (Lipinski definition) is 0. The molecule has 0 bridgehead atoms. The van der Waals surface area contributed by atoms with Crippen molar-refractivity contribution in [2.24, 2.45) is 0 Å². The summed E-state index contributed by atoms with van der Waals surface area (Å²) in [5.41, 5.74) is -1.34. The largest absolute Gasteiger partial charge is 0.509 e. The zero-order valence-corrected chi connectivity index (χ0v) is 36.1. The molecule has 1 aliphatic heterocycles. The van der Waals surface area contributed by atoms with Crippen molar-refractivity contribution in [2.75, 3.05) is 26.4 Å². The third kappa shape index (κ3) is 10.9. The summed E-state index contributed by atoms with van der Waals surface area (Å²) < 4.78 is 76.7. The maximum absolute atomic E-state index is 16.0. The molecule has 318 valence electrons. The van der Waals surface area contributed by atoms with Gasteiger partial charge in [-0.2, -0.15) is 10.4 Å². The SMILES string of the molecule is C[C@@H](SC1COC(/C=C/C=C/c2ccc(C#N)cc2F)OC1)[C@@](Cn1cncn1)(OC(=O)OCCO[Si](c1ccccc1)(c1ccccc1)C(C)(C)C)c1ccc(F)cc1F. The van der Waals surface area contributed by atoms with Gasteiger partial charge >= 0.3 is 6.16 Å². The van der Waals surface area contributed by atoms with Gasteiger partial charge in [0.2, 0.25) is 0 Å². The molecule has 1 aromatic heterocycles. The lowest BCUT2D eigenvalue weighted by Crippen LogP contribution is -2.66. The molecule has 10 nitrogen and oxygen atoms in total. The van der Waals surface area contributed by atoms with E-state index in [2.05, 4.69) is 55.1 Å². The molecule has 0 radical (unpaired) electrons. The topological polar surface area (TPSA) is 118 Å². The first-order chi connectivity index (χ1) is 29.3. The van der Waals surface area contributed by atoms with Crippen LogP contribution in [0, 0.1) is 28.8 Å². The summed E-state index contributed by atoms with van der Waals surface area (Å²) in [4.78, 5) is 17.9. The average molecular weight is 869 g/mol. The minimum Gasteiger partial charge on any atom is -0.432 e. The van der Waals surface area contributed by atoms with Gasteiger partial charge in [-0.05, 0) is 52.7 Å². The number of ether oxygens (including phenoxy) is 4. The lowest BCUT2D eigenvalue weighted by Gasteiger charge is -2.43. The second kappa shape index (κ2) is 20.4. The molecule has 0 spiro atoms. The molecule has 15 heteroatoms. The van der Waals surface area contributed by atoms with E-state index in [1.54, 1.807) is 31.2 Å². The standard InChI is InChI=1S/C46H47F3N4O6SSi/c1-33(60-37-28-56-43(57-29-37)18-12-11-13-35-20-19-34(27-50)25-41(35)48)46(30-53-32-51-31-52-53,40-22-21-36(47)26-42(40)49)59-44(54)55-23-24-58-61(45(2,3)4,38-14-7-5-8-15-38)39-16-9-6-10-17-39/h5-22,25-26,31-33,37,43H,23-24,28-30H2,1-4H3/b13-11+,18-12+/t33-,37?,43?,46-/m1/s1. The van der Waals surface area contributed by atoms with Crippen LogP contribution in [-0.4, -0.2) is 72.5 Å². The molecule has 0 amide bonds. The minimum absolute atomic E-state index is 0.0438. The fourth-order valence-corrected chi connectivity index (χ4v) is 13.3. The number of benzene rings is 4. The number of rotatable bonds is 16. The number of thioether (sulfide) groups is 1. The number of carbonyl (C=O) groups is 1. The van der Waals surface area contributed by atoms with Crippen molar-refractivity contribution in [3.8, 4) is 6.07 Å². The molecule has 6 rings (SSSR count). The Morgan fingerprint density at radius 2 is 1.64 bits per heavy atom. The zero-order chi connectivity index (χ0) is 43.5. The van der Waals surface area contributed by atoms with E-state index in [-0.39, 0.29) is 54.4 Å². The van der Waals surface area contributed by atoms with Crippen molar-refractivity contribution < 1.29 is 41.3 Å². The molecule has 0 N–H and O–H groups in total. The van der Waals surface area contributed by atoms with Crippen molar-refractivity contribution in [2.45, 2.75) is 61.7 Å². The highest BCUT2D eigenvalue weighted by molar-refractivity contribution is 8.00. The molecule has 1 saturated heterocycles. The van der Waals surface area contributed by atoms with Crippen molar-refractivity contribution >= 4 is 42.7 Å². The van der Waals surface area contributed by atoms with Crippen LogP contribution in [0.1, 0.15) is 44.4 Å². The quantitative estimate of drug-likeness (QED) is 0.0415. The molecule has 1 fully saturated rings. The summed E-state index contributed by atoms with van der Waals surface area (Å²) in [6.45, 7) is 8.31. The number of halogens is 3. The highest BCUT2D eigenvalue weighted by atomic mass is 32.2. The Balaban J connectivity index is 1.18. The van der Waals surface area contributed by atoms with Crippen LogP contribution in [0.25, 0.3) is 6.08 Å². The van der Waals surface area contributed by atoms with Gasteiger partial charge in [-0.25, -0.2) is 27.6 Å². The number of nitrogens with zero attached hydrogens (tertiary/aromatic N) is 4. The maximum atomic E-state index is 16.0. The first kappa shape index (κ1) is 45.0. The zero-order valence-electron chi connectivity index (χ0n) is 34.2. The molecule has 0 aliphatic carbocycles. The van der Waals surface area contributed by atoms with Crippen molar-refractivity contribution in [1.29, 1.82) is 5.26 Å². The van der Waals surface area contributed by atoms with Crippen molar-refractivity contribution in [1.82, 2.24) is 14.8 Å². The van der Waals surface area contributed by atoms with Gasteiger partial charge in [0.25, 0.3) is 8.32 Å². The van der Waals surface area contributed by atoms with Crippen LogP contribution in [-0.2, 0) is 35.5 Å². The van der Waals surface area contributed by atoms with Gasteiger partial charge in [0.05, 0.1) is 43.2 Å². The predicted molar refractivity (Wildman–Crippen MR) is 230 cm³/mol. The van der Waals surface area contributed by atoms with E-state index < -0.39 is 49.1 Å². The Bertz CT molecular complexity index is 2280. The van der Waals surface area contributed by atoms with Crippen LogP contribution >= 0.6 is 11.8 Å². The van der Waals surface area contributed by atoms with Gasteiger partial charge in [-0.15, -0.1) is 11.8 Å². The normalized spacial score (nSPS) is 17.5. The van der Waals surface area contributed by atoms with Crippen LogP contribution in [0.3, 0.4) is 0 Å². The molecular formula is C46H47F3N4O6SSi. The van der Waals surface area contributed by atoms with Gasteiger partial charge in [0.1, 0.15) is 36.7 Å². The highest BCUT2D eigenvalue weighted by Crippen LogP contribution is 2.42. The van der Waals surface area contributed by atoms with Gasteiger partial charge in [-0.1, -0.05) is 106 Å². The first-order valence-electron chi connectivity index (χ1n) is 19.7. The molecule has 61 heavy (non-hydrogen) atoms. The fourth-order valence-electron chi connectivity index (χ4n) is 7.38. The summed E-state index contributed by atoms with van der Waals surface area (Å²) in [6, 6.07) is 29.3. The summed E-state index contributed by atoms with van der Waals surface area (Å²) in [5, 5.41) is 14.0. The predicted octanol–water partition coefficient (Wildman–Crippen LogP) is 8.33. The van der Waals surface area contributed by atoms with Crippen LogP contribution in [0.15, 0.2) is 128 Å². The number of aromatic nitrogens is 3. The molecule has 2 atom stereocenters. The summed E-state index contributed by atoms with van der Waals surface area (Å²) in [6.07, 6.45) is 7.46. The Morgan fingerprint density at radius 3 is 2.23 bits per heavy atom. The minimum atomic E-state index is -2.95. The van der Waals surface area contributed by atoms with E-state index in [1.807, 2.05) is 42.5 Å². The van der Waals surface area contributed by atoms with Gasteiger partial charge < -0.3 is 23.4 Å². The van der Waals surface area contributed by atoms with Crippen LogP contribution in [0.2, 0.25) is 5.04 Å². The molecule has 0 saturated carbocycles. The van der Waals surface area contributed by atoms with E-state index in [9.17, 15) is 13.6 Å². The average Bonchev–Trinajstić information content (AvgIpc) is 3.76. The van der Waals surface area contributed by atoms with Crippen molar-refractivity contribution in [3.05, 3.63) is 162 Å². The van der Waals surface area contributed by atoms with Crippen LogP contribution < -0.4 is 10.4 Å². The Morgan fingerprint density at radius 1 is 0.951 bits per heavy atom. The van der Waals surface area contributed by atoms with Crippen LogP contribution in [0.4, 0.5) is 18.0 Å². The fraction of sp³-hybridized carbons (Fsp3) is 0.304. The van der Waals surface area contributed by atoms with E-state index in [4.69, 9.17) is 28.6 Å². The molecule has 0 unspecified atom stereocenters. The molecule has 1 aliphatic rings. The Labute approximate surface area is 359 Å². The molecule has 5 aromatic rings. The monoisotopic (exact) mass is 868 g/mol. The second-order valence-electron chi connectivity index (χ2n) is 15.3. The Kier molecular flexibility index (Phi) is 15.0. The lowest BCUT2D eigenvalue weighted by molar-refractivity contribution is -0.146. The van der Waals surface area contributed by atoms with Gasteiger partial charge in [0, 0.05) is 22.4 Å².